The molecule has 4 heteroatoms. The zero-order valence-electron chi connectivity index (χ0n) is 9.86. The number of esters is 1. The third kappa shape index (κ3) is 3.80. The van der Waals surface area contributed by atoms with Crippen molar-refractivity contribution in [2.75, 3.05) is 32.9 Å². The number of morpholine rings is 1. The van der Waals surface area contributed by atoms with E-state index in [2.05, 4.69) is 11.8 Å². The normalized spacial score (nSPS) is 24.9. The average Bonchev–Trinajstić information content (AvgIpc) is 2.21. The van der Waals surface area contributed by atoms with E-state index in [0.717, 1.165) is 26.3 Å². The van der Waals surface area contributed by atoms with Crippen molar-refractivity contribution < 1.29 is 14.3 Å². The first-order chi connectivity index (χ1) is 7.15. The highest BCUT2D eigenvalue weighted by molar-refractivity contribution is 5.72. The van der Waals surface area contributed by atoms with Gasteiger partial charge in [-0.05, 0) is 13.8 Å². The summed E-state index contributed by atoms with van der Waals surface area (Å²) >= 11 is 0. The highest BCUT2D eigenvalue weighted by atomic mass is 16.5. The summed E-state index contributed by atoms with van der Waals surface area (Å²) in [4.78, 5) is 13.7. The lowest BCUT2D eigenvalue weighted by Gasteiger charge is -2.34. The van der Waals surface area contributed by atoms with Crippen molar-refractivity contribution in [2.24, 2.45) is 5.92 Å². The first-order valence-corrected chi connectivity index (χ1v) is 5.63. The first kappa shape index (κ1) is 12.5. The summed E-state index contributed by atoms with van der Waals surface area (Å²) in [6.45, 7) is 9.53. The first-order valence-electron chi connectivity index (χ1n) is 5.63. The van der Waals surface area contributed by atoms with Crippen molar-refractivity contribution in [3.05, 3.63) is 0 Å². The molecule has 0 aromatic rings. The molecular weight excluding hydrogens is 194 g/mol. The van der Waals surface area contributed by atoms with Crippen LogP contribution in [0.3, 0.4) is 0 Å². The Kier molecular flexibility index (Phi) is 5.05. The van der Waals surface area contributed by atoms with Gasteiger partial charge in [0.2, 0.25) is 0 Å². The maximum Gasteiger partial charge on any atom is 0.309 e. The summed E-state index contributed by atoms with van der Waals surface area (Å²) in [5, 5.41) is 0. The fourth-order valence-electron chi connectivity index (χ4n) is 1.74. The van der Waals surface area contributed by atoms with Crippen molar-refractivity contribution >= 4 is 5.97 Å². The second kappa shape index (κ2) is 6.08. The molecule has 0 amide bonds. The van der Waals surface area contributed by atoms with Crippen molar-refractivity contribution in [2.45, 2.75) is 26.8 Å². The standard InChI is InChI=1S/C11H21NO3/c1-4-15-11(13)9(2)7-12-5-6-14-8-10(12)3/h9-10H,4-8H2,1-3H3. The molecule has 1 fully saturated rings. The second-order valence-corrected chi connectivity index (χ2v) is 4.07. The van der Waals surface area contributed by atoms with Crippen molar-refractivity contribution in [3.8, 4) is 0 Å². The van der Waals surface area contributed by atoms with Gasteiger partial charge in [-0.15, -0.1) is 0 Å². The lowest BCUT2D eigenvalue weighted by Crippen LogP contribution is -2.46. The van der Waals surface area contributed by atoms with Gasteiger partial charge in [0.1, 0.15) is 0 Å². The van der Waals surface area contributed by atoms with Gasteiger partial charge in [-0.2, -0.15) is 0 Å². The predicted octanol–water partition coefficient (Wildman–Crippen LogP) is 0.906. The molecule has 0 spiro atoms. The van der Waals surface area contributed by atoms with Crippen LogP contribution in [0.1, 0.15) is 20.8 Å². The molecule has 0 aromatic carbocycles. The number of rotatable bonds is 4. The lowest BCUT2D eigenvalue weighted by molar-refractivity contribution is -0.148. The van der Waals surface area contributed by atoms with E-state index in [-0.39, 0.29) is 11.9 Å². The van der Waals surface area contributed by atoms with Gasteiger partial charge in [0.25, 0.3) is 0 Å². The molecule has 2 atom stereocenters. The summed E-state index contributed by atoms with van der Waals surface area (Å²) in [5.41, 5.74) is 0. The van der Waals surface area contributed by atoms with Crippen LogP contribution in [0.15, 0.2) is 0 Å². The molecule has 4 nitrogen and oxygen atoms in total. The Morgan fingerprint density at radius 2 is 2.40 bits per heavy atom. The van der Waals surface area contributed by atoms with Crippen LogP contribution in [0.2, 0.25) is 0 Å². The summed E-state index contributed by atoms with van der Waals surface area (Å²) in [5.74, 6) is -0.151. The molecule has 1 aliphatic rings. The van der Waals surface area contributed by atoms with Crippen LogP contribution < -0.4 is 0 Å². The fraction of sp³-hybridized carbons (Fsp3) is 0.909. The van der Waals surface area contributed by atoms with Gasteiger partial charge in [0.05, 0.1) is 25.7 Å². The summed E-state index contributed by atoms with van der Waals surface area (Å²) in [7, 11) is 0. The van der Waals surface area contributed by atoms with Gasteiger partial charge >= 0.3 is 5.97 Å². The Morgan fingerprint density at radius 1 is 1.67 bits per heavy atom. The van der Waals surface area contributed by atoms with Gasteiger partial charge in [-0.3, -0.25) is 9.69 Å². The number of carbonyl (C=O) groups excluding carboxylic acids is 1. The molecule has 1 aliphatic heterocycles. The Morgan fingerprint density at radius 3 is 3.00 bits per heavy atom. The molecular formula is C11H21NO3. The number of ether oxygens (including phenoxy) is 2. The molecule has 0 N–H and O–H groups in total. The molecule has 0 aromatic heterocycles. The Hall–Kier alpha value is -0.610. The van der Waals surface area contributed by atoms with Crippen molar-refractivity contribution in [1.82, 2.24) is 4.90 Å². The smallest absolute Gasteiger partial charge is 0.309 e. The van der Waals surface area contributed by atoms with E-state index in [1.165, 1.54) is 0 Å². The fourth-order valence-corrected chi connectivity index (χ4v) is 1.74. The zero-order valence-corrected chi connectivity index (χ0v) is 9.86. The lowest BCUT2D eigenvalue weighted by atomic mass is 10.1. The topological polar surface area (TPSA) is 38.8 Å². The molecule has 15 heavy (non-hydrogen) atoms. The van der Waals surface area contributed by atoms with Gasteiger partial charge in [0, 0.05) is 19.1 Å². The summed E-state index contributed by atoms with van der Waals surface area (Å²) < 4.78 is 10.3. The summed E-state index contributed by atoms with van der Waals surface area (Å²) in [6, 6.07) is 0.399. The Labute approximate surface area is 91.5 Å². The summed E-state index contributed by atoms with van der Waals surface area (Å²) in [6.07, 6.45) is 0. The van der Waals surface area contributed by atoms with Gasteiger partial charge in [-0.1, -0.05) is 6.92 Å². The van der Waals surface area contributed by atoms with E-state index >= 15 is 0 Å². The minimum absolute atomic E-state index is 0.0505. The van der Waals surface area contributed by atoms with Gasteiger partial charge in [-0.25, -0.2) is 0 Å². The third-order valence-electron chi connectivity index (χ3n) is 2.70. The van der Waals surface area contributed by atoms with Crippen LogP contribution in [0.5, 0.6) is 0 Å². The van der Waals surface area contributed by atoms with Gasteiger partial charge in [0.15, 0.2) is 0 Å². The quantitative estimate of drug-likeness (QED) is 0.653. The molecule has 0 saturated carbocycles. The zero-order chi connectivity index (χ0) is 11.3. The van der Waals surface area contributed by atoms with Crippen LogP contribution in [0.25, 0.3) is 0 Å². The van der Waals surface area contributed by atoms with E-state index < -0.39 is 0 Å². The van der Waals surface area contributed by atoms with E-state index in [9.17, 15) is 4.79 Å². The maximum absolute atomic E-state index is 11.4. The van der Waals surface area contributed by atoms with Crippen molar-refractivity contribution in [1.29, 1.82) is 0 Å². The van der Waals surface area contributed by atoms with Crippen molar-refractivity contribution in [3.63, 3.8) is 0 Å². The Balaban J connectivity index is 2.35. The van der Waals surface area contributed by atoms with Crippen LogP contribution in [0.4, 0.5) is 0 Å². The predicted molar refractivity (Wildman–Crippen MR) is 57.7 cm³/mol. The van der Waals surface area contributed by atoms with Gasteiger partial charge < -0.3 is 9.47 Å². The molecule has 1 saturated heterocycles. The molecule has 0 radical (unpaired) electrons. The average molecular weight is 215 g/mol. The largest absolute Gasteiger partial charge is 0.466 e. The van der Waals surface area contributed by atoms with Crippen LogP contribution in [-0.2, 0) is 14.3 Å². The number of carbonyl (C=O) groups is 1. The SMILES string of the molecule is CCOC(=O)C(C)CN1CCOCC1C. The highest BCUT2D eigenvalue weighted by Crippen LogP contribution is 2.10. The highest BCUT2D eigenvalue weighted by Gasteiger charge is 2.23. The monoisotopic (exact) mass is 215 g/mol. The molecule has 1 rings (SSSR count). The van der Waals surface area contributed by atoms with E-state index in [4.69, 9.17) is 9.47 Å². The van der Waals surface area contributed by atoms with Crippen LogP contribution in [0, 0.1) is 5.92 Å². The van der Waals surface area contributed by atoms with E-state index in [1.807, 2.05) is 13.8 Å². The van der Waals surface area contributed by atoms with Crippen LogP contribution >= 0.6 is 0 Å². The number of hydrogen-bond acceptors (Lipinski definition) is 4. The number of nitrogens with zero attached hydrogens (tertiary/aromatic N) is 1. The second-order valence-electron chi connectivity index (χ2n) is 4.07. The minimum atomic E-state index is -0.101. The number of hydrogen-bond donors (Lipinski definition) is 0. The molecule has 2 unspecified atom stereocenters. The molecule has 88 valence electrons. The minimum Gasteiger partial charge on any atom is -0.466 e. The van der Waals surface area contributed by atoms with E-state index in [0.29, 0.717) is 12.6 Å². The third-order valence-corrected chi connectivity index (χ3v) is 2.70. The molecule has 1 heterocycles. The molecule has 0 aliphatic carbocycles. The molecule has 0 bridgehead atoms. The maximum atomic E-state index is 11.4. The van der Waals surface area contributed by atoms with Crippen LogP contribution in [-0.4, -0.2) is 49.8 Å². The van der Waals surface area contributed by atoms with E-state index in [1.54, 1.807) is 0 Å². The Bertz CT molecular complexity index is 208.